The van der Waals surface area contributed by atoms with Gasteiger partial charge in [0.25, 0.3) is 5.91 Å². The first-order chi connectivity index (χ1) is 20.3. The predicted molar refractivity (Wildman–Crippen MR) is 154 cm³/mol. The van der Waals surface area contributed by atoms with Gasteiger partial charge in [0.1, 0.15) is 23.8 Å². The lowest BCUT2D eigenvalue weighted by Gasteiger charge is -2.10. The number of hydrogen-bond donors (Lipinski definition) is 3. The zero-order valence-corrected chi connectivity index (χ0v) is 22.8. The molecule has 0 spiro atoms. The molecule has 9 nitrogen and oxygen atoms in total. The van der Waals surface area contributed by atoms with Gasteiger partial charge in [0.2, 0.25) is 5.95 Å². The highest BCUT2D eigenvalue weighted by Gasteiger charge is 2.19. The fraction of sp³-hybridized carbons (Fsp3) is 0.103. The van der Waals surface area contributed by atoms with Gasteiger partial charge in [0.15, 0.2) is 16.7 Å². The predicted octanol–water partition coefficient (Wildman–Crippen LogP) is 6.29. The smallest absolute Gasteiger partial charge is 0.261 e. The number of carbonyl (C=O) groups is 1. The van der Waals surface area contributed by atoms with Crippen LogP contribution in [-0.2, 0) is 4.74 Å². The van der Waals surface area contributed by atoms with Crippen LogP contribution in [0.5, 0.6) is 5.75 Å². The minimum Gasteiger partial charge on any atom is -0.488 e. The van der Waals surface area contributed by atoms with Gasteiger partial charge < -0.3 is 25.8 Å². The van der Waals surface area contributed by atoms with E-state index in [2.05, 4.69) is 25.6 Å². The van der Waals surface area contributed by atoms with E-state index >= 15 is 0 Å². The van der Waals surface area contributed by atoms with Crippen LogP contribution >= 0.6 is 11.3 Å². The molecule has 0 radical (unpaired) electrons. The number of halogens is 3. The van der Waals surface area contributed by atoms with Gasteiger partial charge in [-0.15, -0.1) is 0 Å². The molecule has 0 saturated heterocycles. The Kier molecular flexibility index (Phi) is 8.60. The van der Waals surface area contributed by atoms with E-state index in [4.69, 9.17) is 15.2 Å². The van der Waals surface area contributed by atoms with Gasteiger partial charge in [0, 0.05) is 36.3 Å². The van der Waals surface area contributed by atoms with E-state index in [1.165, 1.54) is 42.8 Å². The topological polar surface area (TPSA) is 124 Å². The number of amides is 1. The number of thiazole rings is 1. The lowest BCUT2D eigenvalue weighted by atomic mass is 10.1. The molecule has 4 N–H and O–H groups in total. The Hall–Kier alpha value is -5.01. The molecule has 0 aliphatic carbocycles. The third-order valence-corrected chi connectivity index (χ3v) is 6.76. The maximum absolute atomic E-state index is 14.5. The highest BCUT2D eigenvalue weighted by Crippen LogP contribution is 2.38. The molecule has 3 aromatic carbocycles. The van der Waals surface area contributed by atoms with E-state index in [1.54, 1.807) is 36.4 Å². The van der Waals surface area contributed by atoms with Gasteiger partial charge in [0.05, 0.1) is 22.9 Å². The quantitative estimate of drug-likeness (QED) is 0.162. The first kappa shape index (κ1) is 28.5. The number of rotatable bonds is 10. The number of nitrogens with two attached hydrogens (primary N) is 1. The molecule has 0 unspecified atom stereocenters. The Morgan fingerprint density at radius 1 is 0.929 bits per heavy atom. The molecular formula is C29H23F3N6O3S. The molecule has 0 bridgehead atoms. The number of aromatic nitrogens is 3. The molecule has 0 aliphatic heterocycles. The van der Waals surface area contributed by atoms with Crippen LogP contribution in [0.3, 0.4) is 0 Å². The van der Waals surface area contributed by atoms with Crippen molar-refractivity contribution in [2.24, 2.45) is 0 Å². The van der Waals surface area contributed by atoms with Gasteiger partial charge in [-0.1, -0.05) is 29.5 Å². The van der Waals surface area contributed by atoms with Crippen LogP contribution in [0, 0.1) is 17.5 Å². The minimum absolute atomic E-state index is 0.0921. The van der Waals surface area contributed by atoms with Crippen molar-refractivity contribution in [1.82, 2.24) is 15.0 Å². The number of carbonyl (C=O) groups excluding carboxylic acids is 1. The van der Waals surface area contributed by atoms with Gasteiger partial charge in [-0.3, -0.25) is 4.79 Å². The van der Waals surface area contributed by atoms with Crippen LogP contribution in [-0.4, -0.2) is 41.2 Å². The molecule has 13 heteroatoms. The summed E-state index contributed by atoms with van der Waals surface area (Å²) in [6.07, 6.45) is 1.53. The summed E-state index contributed by atoms with van der Waals surface area (Å²) in [4.78, 5) is 26.4. The highest BCUT2D eigenvalue weighted by atomic mass is 32.1. The summed E-state index contributed by atoms with van der Waals surface area (Å²) in [5.74, 6) is -3.14. The Balaban J connectivity index is 1.38. The maximum Gasteiger partial charge on any atom is 0.261 e. The largest absolute Gasteiger partial charge is 0.488 e. The van der Waals surface area contributed by atoms with Crippen molar-refractivity contribution in [2.75, 3.05) is 36.7 Å². The number of nitrogen functional groups attached to an aromatic ring is 1. The number of nitrogens with one attached hydrogen (secondary N) is 2. The number of benzene rings is 3. The first-order valence-electron chi connectivity index (χ1n) is 12.5. The Morgan fingerprint density at radius 3 is 2.48 bits per heavy atom. The van der Waals surface area contributed by atoms with E-state index in [1.807, 2.05) is 0 Å². The van der Waals surface area contributed by atoms with Crippen molar-refractivity contribution < 1.29 is 27.4 Å². The lowest BCUT2D eigenvalue weighted by Crippen LogP contribution is -2.15. The second-order valence-corrected chi connectivity index (χ2v) is 9.77. The SMILES string of the molecule is COCCOc1ccc(Nc2nccc(-c3sc(N)nc3-c3cccc(NC(=O)c4c(F)cccc4F)c3)n2)cc1F. The molecule has 5 aromatic rings. The number of methoxy groups -OCH3 is 1. The Labute approximate surface area is 242 Å². The van der Waals surface area contributed by atoms with Crippen LogP contribution in [0.15, 0.2) is 72.9 Å². The van der Waals surface area contributed by atoms with Crippen molar-refractivity contribution in [3.05, 3.63) is 95.9 Å². The van der Waals surface area contributed by atoms with Crippen molar-refractivity contribution in [1.29, 1.82) is 0 Å². The van der Waals surface area contributed by atoms with Crippen molar-refractivity contribution in [3.63, 3.8) is 0 Å². The van der Waals surface area contributed by atoms with E-state index in [0.29, 0.717) is 39.8 Å². The summed E-state index contributed by atoms with van der Waals surface area (Å²) in [6, 6.07) is 15.8. The van der Waals surface area contributed by atoms with Crippen LogP contribution in [0.1, 0.15) is 10.4 Å². The minimum atomic E-state index is -0.972. The van der Waals surface area contributed by atoms with Gasteiger partial charge in [-0.25, -0.2) is 28.1 Å². The van der Waals surface area contributed by atoms with Gasteiger partial charge in [-0.2, -0.15) is 0 Å². The van der Waals surface area contributed by atoms with Gasteiger partial charge in [-0.05, 0) is 42.5 Å². The average molecular weight is 593 g/mol. The number of hydrogen-bond acceptors (Lipinski definition) is 9. The zero-order chi connectivity index (χ0) is 29.6. The molecule has 1 amide bonds. The zero-order valence-electron chi connectivity index (χ0n) is 22.0. The first-order valence-corrected chi connectivity index (χ1v) is 13.3. The summed E-state index contributed by atoms with van der Waals surface area (Å²) in [5.41, 5.74) is 7.59. The molecule has 214 valence electrons. The number of ether oxygens (including phenoxy) is 2. The summed E-state index contributed by atoms with van der Waals surface area (Å²) in [6.45, 7) is 0.543. The van der Waals surface area contributed by atoms with Crippen molar-refractivity contribution >= 4 is 39.7 Å². The fourth-order valence-electron chi connectivity index (χ4n) is 3.96. The van der Waals surface area contributed by atoms with E-state index in [-0.39, 0.29) is 23.4 Å². The Morgan fingerprint density at radius 2 is 1.71 bits per heavy atom. The molecule has 42 heavy (non-hydrogen) atoms. The number of anilines is 4. The van der Waals surface area contributed by atoms with E-state index in [9.17, 15) is 18.0 Å². The summed E-state index contributed by atoms with van der Waals surface area (Å²) in [7, 11) is 1.53. The normalized spacial score (nSPS) is 10.9. The number of nitrogens with zero attached hydrogens (tertiary/aromatic N) is 3. The summed E-state index contributed by atoms with van der Waals surface area (Å²) >= 11 is 1.19. The molecule has 2 heterocycles. The van der Waals surface area contributed by atoms with Crippen LogP contribution in [0.25, 0.3) is 21.8 Å². The third-order valence-electron chi connectivity index (χ3n) is 5.85. The molecule has 0 saturated carbocycles. The Bertz CT molecular complexity index is 1730. The van der Waals surface area contributed by atoms with Crippen LogP contribution in [0.2, 0.25) is 0 Å². The molecule has 2 aromatic heterocycles. The van der Waals surface area contributed by atoms with E-state index in [0.717, 1.165) is 12.1 Å². The van der Waals surface area contributed by atoms with Crippen molar-refractivity contribution in [3.8, 4) is 27.6 Å². The molecular weight excluding hydrogens is 569 g/mol. The van der Waals surface area contributed by atoms with Gasteiger partial charge >= 0.3 is 0 Å². The van der Waals surface area contributed by atoms with Crippen LogP contribution in [0.4, 0.5) is 35.6 Å². The standard InChI is InChI=1S/C29H23F3N6O3S/c1-40-12-13-41-23-9-8-18(15-21(23)32)36-29-34-11-10-22(37-29)26-25(38-28(33)42-26)16-4-2-5-17(14-16)35-27(39)24-19(30)6-3-7-20(24)31/h2-11,14-15H,12-13H2,1H3,(H2,33,38)(H,35,39)(H,34,36,37). The lowest BCUT2D eigenvalue weighted by molar-refractivity contribution is 0.101. The highest BCUT2D eigenvalue weighted by molar-refractivity contribution is 7.19. The summed E-state index contributed by atoms with van der Waals surface area (Å²) in [5, 5.41) is 5.76. The van der Waals surface area contributed by atoms with Crippen molar-refractivity contribution in [2.45, 2.75) is 0 Å². The average Bonchev–Trinajstić information content (AvgIpc) is 3.36. The molecule has 0 fully saturated rings. The third kappa shape index (κ3) is 6.48. The maximum atomic E-state index is 14.5. The summed E-state index contributed by atoms with van der Waals surface area (Å²) < 4.78 is 52.9. The fourth-order valence-corrected chi connectivity index (χ4v) is 4.79. The molecule has 5 rings (SSSR count). The van der Waals surface area contributed by atoms with Crippen LogP contribution < -0.4 is 21.1 Å². The second kappa shape index (κ2) is 12.7. The molecule has 0 atom stereocenters. The second-order valence-electron chi connectivity index (χ2n) is 8.74. The van der Waals surface area contributed by atoms with E-state index < -0.39 is 28.9 Å². The molecule has 0 aliphatic rings. The monoisotopic (exact) mass is 592 g/mol.